The van der Waals surface area contributed by atoms with Crippen LogP contribution in [-0.4, -0.2) is 23.2 Å². The van der Waals surface area contributed by atoms with Crippen LogP contribution < -0.4 is 0 Å². The lowest BCUT2D eigenvalue weighted by Crippen LogP contribution is -2.46. The van der Waals surface area contributed by atoms with Crippen LogP contribution in [0.4, 0.5) is 0 Å². The van der Waals surface area contributed by atoms with E-state index < -0.39 is 5.41 Å². The molecule has 1 aromatic heterocycles. The maximum absolute atomic E-state index is 9.23. The molecule has 2 aromatic rings. The third-order valence-corrected chi connectivity index (χ3v) is 3.38. The van der Waals surface area contributed by atoms with Gasteiger partial charge in [0.25, 0.3) is 0 Å². The van der Waals surface area contributed by atoms with Gasteiger partial charge in [-0.05, 0) is 12.5 Å². The summed E-state index contributed by atoms with van der Waals surface area (Å²) in [6.07, 6.45) is 1.79. The fraction of sp³-hybridized carbons (Fsp3) is 0.286. The summed E-state index contributed by atoms with van der Waals surface area (Å²) in [5, 5.41) is 9.23. The van der Waals surface area contributed by atoms with Gasteiger partial charge in [-0.1, -0.05) is 24.3 Å². The molecule has 1 aliphatic heterocycles. The molecule has 1 aliphatic rings. The number of benzene rings is 1. The topological polar surface area (TPSA) is 61.7 Å². The zero-order valence-electron chi connectivity index (χ0n) is 10.1. The van der Waals surface area contributed by atoms with Crippen LogP contribution in [0.5, 0.6) is 0 Å². The van der Waals surface area contributed by atoms with Crippen molar-refractivity contribution < 1.29 is 4.74 Å². The number of H-pyrrole nitrogens is 1. The second-order valence-corrected chi connectivity index (χ2v) is 4.65. The highest BCUT2D eigenvalue weighted by Gasteiger charge is 2.43. The molecule has 0 bridgehead atoms. The van der Waals surface area contributed by atoms with Crippen LogP contribution in [0.3, 0.4) is 0 Å². The molecular formula is C14H13N3O. The summed E-state index contributed by atoms with van der Waals surface area (Å²) in [6.45, 7) is 2.90. The average molecular weight is 239 g/mol. The number of nitrogens with one attached hydrogen (secondary N) is 1. The van der Waals surface area contributed by atoms with Crippen molar-refractivity contribution >= 4 is 0 Å². The third kappa shape index (κ3) is 1.52. The quantitative estimate of drug-likeness (QED) is 0.873. The molecule has 0 saturated carbocycles. The van der Waals surface area contributed by atoms with Crippen molar-refractivity contribution in [2.75, 3.05) is 13.2 Å². The van der Waals surface area contributed by atoms with E-state index in [1.165, 1.54) is 5.56 Å². The molecule has 90 valence electrons. The van der Waals surface area contributed by atoms with Gasteiger partial charge < -0.3 is 9.72 Å². The number of nitrogens with zero attached hydrogens (tertiary/aromatic N) is 2. The molecular weight excluding hydrogens is 226 g/mol. The van der Waals surface area contributed by atoms with Gasteiger partial charge in [0.05, 0.1) is 31.2 Å². The molecule has 2 heterocycles. The van der Waals surface area contributed by atoms with Crippen molar-refractivity contribution in [1.82, 2.24) is 9.97 Å². The van der Waals surface area contributed by atoms with Gasteiger partial charge in [0.15, 0.2) is 5.41 Å². The molecule has 18 heavy (non-hydrogen) atoms. The Hall–Kier alpha value is -2.12. The monoisotopic (exact) mass is 239 g/mol. The minimum Gasteiger partial charge on any atom is -0.377 e. The predicted octanol–water partition coefficient (Wildman–Crippen LogP) is 2.18. The average Bonchev–Trinajstić information content (AvgIpc) is 2.79. The Labute approximate surface area is 105 Å². The molecule has 4 heteroatoms. The lowest BCUT2D eigenvalue weighted by atomic mass is 9.87. The van der Waals surface area contributed by atoms with Crippen LogP contribution in [0.2, 0.25) is 0 Å². The van der Waals surface area contributed by atoms with E-state index in [1.807, 2.05) is 18.2 Å². The van der Waals surface area contributed by atoms with Crippen LogP contribution in [0.25, 0.3) is 11.3 Å². The predicted molar refractivity (Wildman–Crippen MR) is 66.9 cm³/mol. The molecule has 0 aliphatic carbocycles. The number of rotatable bonds is 2. The highest BCUT2D eigenvalue weighted by atomic mass is 16.5. The molecule has 4 nitrogen and oxygen atoms in total. The maximum atomic E-state index is 9.23. The fourth-order valence-electron chi connectivity index (χ4n) is 2.14. The Morgan fingerprint density at radius 3 is 2.78 bits per heavy atom. The summed E-state index contributed by atoms with van der Waals surface area (Å²) in [7, 11) is 0. The molecule has 3 rings (SSSR count). The van der Waals surface area contributed by atoms with Gasteiger partial charge in [-0.25, -0.2) is 4.98 Å². The Balaban J connectivity index is 2.00. The Kier molecular flexibility index (Phi) is 2.42. The third-order valence-electron chi connectivity index (χ3n) is 3.38. The van der Waals surface area contributed by atoms with Gasteiger partial charge in [-0.3, -0.25) is 0 Å². The van der Waals surface area contributed by atoms with E-state index in [0.29, 0.717) is 19.0 Å². The number of aromatic nitrogens is 2. The van der Waals surface area contributed by atoms with E-state index >= 15 is 0 Å². The molecule has 0 atom stereocenters. The summed E-state index contributed by atoms with van der Waals surface area (Å²) in [6, 6.07) is 10.4. The number of hydrogen-bond donors (Lipinski definition) is 1. The van der Waals surface area contributed by atoms with Crippen LogP contribution in [0.1, 0.15) is 11.4 Å². The molecule has 0 unspecified atom stereocenters. The van der Waals surface area contributed by atoms with Gasteiger partial charge in [0.1, 0.15) is 5.82 Å². The zero-order valence-corrected chi connectivity index (χ0v) is 10.1. The SMILES string of the molecule is Cc1ccccc1-c1cnc(C2(C#N)COC2)[nH]1. The second kappa shape index (κ2) is 3.97. The summed E-state index contributed by atoms with van der Waals surface area (Å²) in [5.41, 5.74) is 2.67. The molecule has 0 radical (unpaired) electrons. The summed E-state index contributed by atoms with van der Waals surface area (Å²) in [5.74, 6) is 0.703. The van der Waals surface area contributed by atoms with E-state index in [-0.39, 0.29) is 0 Å². The number of aryl methyl sites for hydroxylation is 1. The molecule has 1 aromatic carbocycles. The first-order chi connectivity index (χ1) is 8.75. The van der Waals surface area contributed by atoms with Crippen molar-refractivity contribution in [1.29, 1.82) is 5.26 Å². The Bertz CT molecular complexity index is 620. The van der Waals surface area contributed by atoms with Gasteiger partial charge in [0.2, 0.25) is 0 Å². The van der Waals surface area contributed by atoms with Crippen LogP contribution >= 0.6 is 0 Å². The van der Waals surface area contributed by atoms with E-state index in [0.717, 1.165) is 11.3 Å². The smallest absolute Gasteiger partial charge is 0.161 e. The number of aromatic amines is 1. The van der Waals surface area contributed by atoms with E-state index in [1.54, 1.807) is 6.20 Å². The number of imidazole rings is 1. The summed E-state index contributed by atoms with van der Waals surface area (Å²) in [4.78, 5) is 7.59. The number of hydrogen-bond acceptors (Lipinski definition) is 3. The molecule has 0 amide bonds. The first-order valence-electron chi connectivity index (χ1n) is 5.86. The van der Waals surface area contributed by atoms with Crippen molar-refractivity contribution in [2.24, 2.45) is 0 Å². The lowest BCUT2D eigenvalue weighted by Gasteiger charge is -2.32. The van der Waals surface area contributed by atoms with E-state index in [9.17, 15) is 5.26 Å². The fourth-order valence-corrected chi connectivity index (χ4v) is 2.14. The zero-order chi connectivity index (χ0) is 12.6. The van der Waals surface area contributed by atoms with Crippen LogP contribution in [-0.2, 0) is 10.2 Å². The Morgan fingerprint density at radius 1 is 1.39 bits per heavy atom. The highest BCUT2D eigenvalue weighted by Crippen LogP contribution is 2.31. The van der Waals surface area contributed by atoms with Crippen molar-refractivity contribution in [3.05, 3.63) is 41.9 Å². The van der Waals surface area contributed by atoms with Crippen molar-refractivity contribution in [3.8, 4) is 17.3 Å². The number of ether oxygens (including phenoxy) is 1. The van der Waals surface area contributed by atoms with Crippen molar-refractivity contribution in [2.45, 2.75) is 12.3 Å². The van der Waals surface area contributed by atoms with E-state index in [4.69, 9.17) is 4.74 Å². The van der Waals surface area contributed by atoms with Crippen molar-refractivity contribution in [3.63, 3.8) is 0 Å². The molecule has 1 saturated heterocycles. The minimum absolute atomic E-state index is 0.421. The molecule has 0 spiro atoms. The van der Waals surface area contributed by atoms with Gasteiger partial charge in [-0.2, -0.15) is 5.26 Å². The van der Waals surface area contributed by atoms with Crippen LogP contribution in [0, 0.1) is 18.3 Å². The van der Waals surface area contributed by atoms with Gasteiger partial charge in [0, 0.05) is 5.56 Å². The Morgan fingerprint density at radius 2 is 2.17 bits per heavy atom. The first kappa shape index (κ1) is 11.0. The summed E-state index contributed by atoms with van der Waals surface area (Å²) >= 11 is 0. The number of nitriles is 1. The maximum Gasteiger partial charge on any atom is 0.161 e. The standard InChI is InChI=1S/C14H13N3O/c1-10-4-2-3-5-11(10)12-6-16-13(17-12)14(7-15)8-18-9-14/h2-6H,8-9H2,1H3,(H,16,17). The first-order valence-corrected chi connectivity index (χ1v) is 5.86. The molecule has 1 fully saturated rings. The minimum atomic E-state index is -0.582. The van der Waals surface area contributed by atoms with E-state index in [2.05, 4.69) is 29.0 Å². The summed E-state index contributed by atoms with van der Waals surface area (Å²) < 4.78 is 5.14. The molecule has 1 N–H and O–H groups in total. The largest absolute Gasteiger partial charge is 0.377 e. The van der Waals surface area contributed by atoms with Crippen LogP contribution in [0.15, 0.2) is 30.5 Å². The highest BCUT2D eigenvalue weighted by molar-refractivity contribution is 5.63. The van der Waals surface area contributed by atoms with Gasteiger partial charge in [-0.15, -0.1) is 0 Å². The normalized spacial score (nSPS) is 16.9. The van der Waals surface area contributed by atoms with Gasteiger partial charge >= 0.3 is 0 Å². The second-order valence-electron chi connectivity index (χ2n) is 4.65. The lowest BCUT2D eigenvalue weighted by molar-refractivity contribution is -0.0335.